The third kappa shape index (κ3) is 2.15. The third-order valence-electron chi connectivity index (χ3n) is 2.37. The molecule has 1 aromatic rings. The Kier molecular flexibility index (Phi) is 3.52. The van der Waals surface area contributed by atoms with Crippen LogP contribution in [0.25, 0.3) is 0 Å². The summed E-state index contributed by atoms with van der Waals surface area (Å²) in [6.45, 7) is 3.53. The molecule has 0 saturated heterocycles. The van der Waals surface area contributed by atoms with Crippen molar-refractivity contribution in [2.24, 2.45) is 0 Å². The van der Waals surface area contributed by atoms with Gasteiger partial charge in [0, 0.05) is 19.7 Å². The fraction of sp³-hybridized carbons (Fsp3) is 0.417. The summed E-state index contributed by atoms with van der Waals surface area (Å²) in [5.74, 6) is -1.31. The quantitative estimate of drug-likeness (QED) is 0.839. The topological polar surface area (TPSA) is 40.5 Å². The molecule has 0 aromatic heterocycles. The number of phenolic OH excluding ortho intramolecular Hbond substituents is 1. The Bertz CT molecular complexity index is 414. The van der Waals surface area contributed by atoms with E-state index in [1.165, 1.54) is 17.0 Å². The summed E-state index contributed by atoms with van der Waals surface area (Å²) < 4.78 is 14.0. The van der Waals surface area contributed by atoms with Crippen molar-refractivity contribution in [1.82, 2.24) is 4.90 Å². The van der Waals surface area contributed by atoms with Gasteiger partial charge in [-0.3, -0.25) is 4.79 Å². The molecule has 0 fully saturated rings. The van der Waals surface area contributed by atoms with Gasteiger partial charge in [-0.15, -0.1) is 0 Å². The van der Waals surface area contributed by atoms with Gasteiger partial charge in [0.2, 0.25) is 0 Å². The van der Waals surface area contributed by atoms with Crippen LogP contribution in [0.4, 0.5) is 4.39 Å². The van der Waals surface area contributed by atoms with Crippen molar-refractivity contribution in [3.8, 4) is 5.75 Å². The van der Waals surface area contributed by atoms with Crippen molar-refractivity contribution >= 4 is 5.91 Å². The van der Waals surface area contributed by atoms with Gasteiger partial charge in [-0.2, -0.15) is 0 Å². The molecule has 1 aromatic carbocycles. The van der Waals surface area contributed by atoms with Crippen molar-refractivity contribution in [1.29, 1.82) is 0 Å². The third-order valence-corrected chi connectivity index (χ3v) is 2.37. The molecule has 4 heteroatoms. The summed E-state index contributed by atoms with van der Waals surface area (Å²) >= 11 is 0. The number of rotatable bonds is 2. The van der Waals surface area contributed by atoms with Gasteiger partial charge in [0.05, 0.1) is 5.56 Å². The summed E-state index contributed by atoms with van der Waals surface area (Å²) in [7, 11) is 3.12. The first-order valence-electron chi connectivity index (χ1n) is 5.09. The van der Waals surface area contributed by atoms with E-state index in [4.69, 9.17) is 0 Å². The Labute approximate surface area is 94.5 Å². The second-order valence-electron chi connectivity index (χ2n) is 4.21. The Hall–Kier alpha value is -1.58. The molecular formula is C12H16FNO2. The van der Waals surface area contributed by atoms with Crippen LogP contribution in [-0.2, 0) is 0 Å². The number of hydrogen-bond donors (Lipinski definition) is 1. The number of nitrogens with zero attached hydrogens (tertiary/aromatic N) is 1. The van der Waals surface area contributed by atoms with Crippen molar-refractivity contribution in [3.63, 3.8) is 0 Å². The molecule has 1 N–H and O–H groups in total. The summed E-state index contributed by atoms with van der Waals surface area (Å²) in [6.07, 6.45) is 0. The first kappa shape index (κ1) is 12.5. The van der Waals surface area contributed by atoms with E-state index in [0.29, 0.717) is 0 Å². The van der Waals surface area contributed by atoms with E-state index in [1.54, 1.807) is 27.9 Å². The summed E-state index contributed by atoms with van der Waals surface area (Å²) in [5, 5.41) is 9.54. The monoisotopic (exact) mass is 225 g/mol. The number of aromatic hydroxyl groups is 1. The average molecular weight is 225 g/mol. The van der Waals surface area contributed by atoms with Gasteiger partial charge in [0.15, 0.2) is 0 Å². The summed E-state index contributed by atoms with van der Waals surface area (Å²) in [4.78, 5) is 13.0. The Morgan fingerprint density at radius 1 is 1.38 bits per heavy atom. The number of phenols is 1. The average Bonchev–Trinajstić information content (AvgIpc) is 2.16. The smallest absolute Gasteiger partial charge is 0.256 e. The second kappa shape index (κ2) is 4.51. The SMILES string of the molecule is CC(C)c1c(O)ccc(C(=O)N(C)C)c1F. The molecule has 1 amide bonds. The van der Waals surface area contributed by atoms with Crippen LogP contribution in [-0.4, -0.2) is 30.0 Å². The van der Waals surface area contributed by atoms with E-state index in [1.807, 2.05) is 0 Å². The normalized spacial score (nSPS) is 10.6. The number of carbonyl (C=O) groups is 1. The fourth-order valence-corrected chi connectivity index (χ4v) is 1.54. The fourth-order valence-electron chi connectivity index (χ4n) is 1.54. The Morgan fingerprint density at radius 3 is 2.38 bits per heavy atom. The van der Waals surface area contributed by atoms with Crippen molar-refractivity contribution in [3.05, 3.63) is 29.1 Å². The molecule has 0 unspecified atom stereocenters. The lowest BCUT2D eigenvalue weighted by Gasteiger charge is -2.15. The van der Waals surface area contributed by atoms with Gasteiger partial charge in [0.25, 0.3) is 5.91 Å². The minimum absolute atomic E-state index is 0.00787. The molecule has 0 spiro atoms. The first-order valence-corrected chi connectivity index (χ1v) is 5.09. The molecule has 0 aliphatic carbocycles. The van der Waals surface area contributed by atoms with Crippen LogP contribution >= 0.6 is 0 Å². The minimum atomic E-state index is -0.631. The Morgan fingerprint density at radius 2 is 1.94 bits per heavy atom. The highest BCUT2D eigenvalue weighted by molar-refractivity contribution is 5.94. The van der Waals surface area contributed by atoms with Crippen LogP contribution in [0, 0.1) is 5.82 Å². The van der Waals surface area contributed by atoms with Gasteiger partial charge in [-0.25, -0.2) is 4.39 Å². The maximum Gasteiger partial charge on any atom is 0.256 e. The lowest BCUT2D eigenvalue weighted by molar-refractivity contribution is 0.0822. The standard InChI is InChI=1S/C12H16FNO2/c1-7(2)10-9(15)6-5-8(11(10)13)12(16)14(3)4/h5-7,15H,1-4H3. The molecule has 0 aliphatic heterocycles. The van der Waals surface area contributed by atoms with Crippen LogP contribution in [0.15, 0.2) is 12.1 Å². The molecule has 0 bridgehead atoms. The highest BCUT2D eigenvalue weighted by atomic mass is 19.1. The van der Waals surface area contributed by atoms with E-state index in [-0.39, 0.29) is 22.8 Å². The number of amides is 1. The van der Waals surface area contributed by atoms with Crippen molar-refractivity contribution in [2.75, 3.05) is 14.1 Å². The van der Waals surface area contributed by atoms with Gasteiger partial charge in [-0.05, 0) is 18.1 Å². The van der Waals surface area contributed by atoms with Gasteiger partial charge in [0.1, 0.15) is 11.6 Å². The molecule has 1 rings (SSSR count). The summed E-state index contributed by atoms with van der Waals surface area (Å²) in [5.41, 5.74) is 0.180. The number of hydrogen-bond acceptors (Lipinski definition) is 2. The number of carbonyl (C=O) groups excluding carboxylic acids is 1. The summed E-state index contributed by atoms with van der Waals surface area (Å²) in [6, 6.07) is 2.66. The zero-order chi connectivity index (χ0) is 12.5. The van der Waals surface area contributed by atoms with Crippen LogP contribution in [0.1, 0.15) is 35.7 Å². The molecule has 0 heterocycles. The van der Waals surface area contributed by atoms with Crippen LogP contribution in [0.3, 0.4) is 0 Å². The van der Waals surface area contributed by atoms with Crippen molar-refractivity contribution in [2.45, 2.75) is 19.8 Å². The van der Waals surface area contributed by atoms with Crippen LogP contribution < -0.4 is 0 Å². The minimum Gasteiger partial charge on any atom is -0.508 e. The molecular weight excluding hydrogens is 209 g/mol. The lowest BCUT2D eigenvalue weighted by Crippen LogP contribution is -2.23. The van der Waals surface area contributed by atoms with E-state index >= 15 is 0 Å². The maximum atomic E-state index is 14.0. The first-order chi connectivity index (χ1) is 7.36. The lowest BCUT2D eigenvalue weighted by atomic mass is 9.98. The molecule has 0 radical (unpaired) electrons. The molecule has 3 nitrogen and oxygen atoms in total. The van der Waals surface area contributed by atoms with Gasteiger partial charge >= 0.3 is 0 Å². The highest BCUT2D eigenvalue weighted by Crippen LogP contribution is 2.30. The van der Waals surface area contributed by atoms with E-state index in [2.05, 4.69) is 0 Å². The zero-order valence-corrected chi connectivity index (χ0v) is 9.91. The largest absolute Gasteiger partial charge is 0.508 e. The molecule has 0 atom stereocenters. The van der Waals surface area contributed by atoms with Crippen LogP contribution in [0.2, 0.25) is 0 Å². The van der Waals surface area contributed by atoms with Crippen molar-refractivity contribution < 1.29 is 14.3 Å². The predicted octanol–water partition coefficient (Wildman–Crippen LogP) is 2.36. The number of halogens is 1. The van der Waals surface area contributed by atoms with Gasteiger partial charge in [-0.1, -0.05) is 13.8 Å². The van der Waals surface area contributed by atoms with Crippen LogP contribution in [0.5, 0.6) is 5.75 Å². The Balaban J connectivity index is 3.35. The van der Waals surface area contributed by atoms with E-state index in [9.17, 15) is 14.3 Å². The molecule has 0 aliphatic rings. The van der Waals surface area contributed by atoms with Gasteiger partial charge < -0.3 is 10.0 Å². The van der Waals surface area contributed by atoms with E-state index < -0.39 is 11.7 Å². The predicted molar refractivity (Wildman–Crippen MR) is 60.2 cm³/mol. The molecule has 88 valence electrons. The number of benzene rings is 1. The van der Waals surface area contributed by atoms with E-state index in [0.717, 1.165) is 0 Å². The zero-order valence-electron chi connectivity index (χ0n) is 9.91. The second-order valence-corrected chi connectivity index (χ2v) is 4.21. The molecule has 0 saturated carbocycles. The molecule has 16 heavy (non-hydrogen) atoms. The highest BCUT2D eigenvalue weighted by Gasteiger charge is 2.20. The maximum absolute atomic E-state index is 14.0.